The Balaban J connectivity index is 1.59. The van der Waals surface area contributed by atoms with Crippen molar-refractivity contribution in [2.24, 2.45) is 5.92 Å². The minimum atomic E-state index is -0.234. The lowest BCUT2D eigenvalue weighted by Crippen LogP contribution is -2.43. The maximum absolute atomic E-state index is 13.1. The summed E-state index contributed by atoms with van der Waals surface area (Å²) in [5, 5.41) is 2.97. The second-order valence-corrected chi connectivity index (χ2v) is 8.31. The van der Waals surface area contributed by atoms with E-state index in [0.29, 0.717) is 45.6 Å². The highest BCUT2D eigenvalue weighted by molar-refractivity contribution is 5.90. The fourth-order valence-corrected chi connectivity index (χ4v) is 3.98. The van der Waals surface area contributed by atoms with Crippen LogP contribution in [0.5, 0.6) is 0 Å². The number of piperidine rings is 1. The van der Waals surface area contributed by atoms with Crippen LogP contribution in [0, 0.1) is 12.8 Å². The Hall–Kier alpha value is -3.35. The molecule has 1 aliphatic rings. The van der Waals surface area contributed by atoms with Gasteiger partial charge in [-0.05, 0) is 43.9 Å². The number of carbonyl (C=O) groups is 3. The molecule has 2 aromatic rings. The molecule has 7 nitrogen and oxygen atoms in total. The minimum Gasteiger partial charge on any atom is -0.466 e. The number of urea groups is 1. The van der Waals surface area contributed by atoms with Crippen molar-refractivity contribution in [1.29, 1.82) is 0 Å². The average molecular weight is 452 g/mol. The number of hydrogen-bond acceptors (Lipinski definition) is 4. The van der Waals surface area contributed by atoms with E-state index in [9.17, 15) is 14.4 Å². The van der Waals surface area contributed by atoms with Crippen molar-refractivity contribution in [3.05, 3.63) is 65.7 Å². The van der Waals surface area contributed by atoms with Crippen molar-refractivity contribution in [3.8, 4) is 0 Å². The van der Waals surface area contributed by atoms with E-state index in [1.165, 1.54) is 0 Å². The van der Waals surface area contributed by atoms with E-state index in [1.54, 1.807) is 16.7 Å². The molecule has 33 heavy (non-hydrogen) atoms. The number of rotatable bonds is 8. The van der Waals surface area contributed by atoms with E-state index >= 15 is 0 Å². The molecule has 7 heteroatoms. The fraction of sp³-hybridized carbons (Fsp3) is 0.423. The summed E-state index contributed by atoms with van der Waals surface area (Å²) in [5.74, 6) is -0.311. The van der Waals surface area contributed by atoms with Crippen LogP contribution in [0.2, 0.25) is 0 Å². The largest absolute Gasteiger partial charge is 0.466 e. The molecule has 0 aliphatic carbocycles. The molecule has 2 aromatic carbocycles. The van der Waals surface area contributed by atoms with Gasteiger partial charge in [0.15, 0.2) is 0 Å². The number of esters is 1. The first-order valence-corrected chi connectivity index (χ1v) is 11.6. The molecule has 1 fully saturated rings. The molecule has 0 unspecified atom stereocenters. The van der Waals surface area contributed by atoms with Crippen molar-refractivity contribution in [2.45, 2.75) is 39.7 Å². The Morgan fingerprint density at radius 2 is 1.70 bits per heavy atom. The molecule has 1 N–H and O–H groups in total. The molecule has 176 valence electrons. The van der Waals surface area contributed by atoms with Gasteiger partial charge in [0.2, 0.25) is 5.91 Å². The molecule has 1 heterocycles. The van der Waals surface area contributed by atoms with Gasteiger partial charge in [0.05, 0.1) is 12.5 Å². The summed E-state index contributed by atoms with van der Waals surface area (Å²) in [4.78, 5) is 41.3. The summed E-state index contributed by atoms with van der Waals surface area (Å²) < 4.78 is 5.10. The lowest BCUT2D eigenvalue weighted by molar-refractivity contribution is -0.151. The van der Waals surface area contributed by atoms with Crippen molar-refractivity contribution in [3.63, 3.8) is 0 Å². The van der Waals surface area contributed by atoms with Crippen LogP contribution in [-0.2, 0) is 20.9 Å². The Morgan fingerprint density at radius 1 is 1.03 bits per heavy atom. The Bertz CT molecular complexity index is 940. The second kappa shape index (κ2) is 12.0. The standard InChI is InChI=1S/C26H33N3O4/c1-3-33-25(31)22-13-16-28(17-14-22)24(30)15-18-29(19-21-10-5-4-6-11-21)26(32)27-23-12-8-7-9-20(23)2/h4-12,22H,3,13-19H2,1-2H3,(H,27,32). The summed E-state index contributed by atoms with van der Waals surface area (Å²) in [7, 11) is 0. The van der Waals surface area contributed by atoms with Crippen molar-refractivity contribution in [1.82, 2.24) is 9.80 Å². The first-order valence-electron chi connectivity index (χ1n) is 11.6. The lowest BCUT2D eigenvalue weighted by atomic mass is 9.97. The van der Waals surface area contributed by atoms with E-state index in [1.807, 2.05) is 61.5 Å². The number of para-hydroxylation sites is 1. The lowest BCUT2D eigenvalue weighted by Gasteiger charge is -2.31. The number of ether oxygens (including phenoxy) is 1. The summed E-state index contributed by atoms with van der Waals surface area (Å²) in [6.45, 7) is 5.92. The number of likely N-dealkylation sites (tertiary alicyclic amines) is 1. The third-order valence-electron chi connectivity index (χ3n) is 5.95. The molecule has 0 bridgehead atoms. The zero-order chi connectivity index (χ0) is 23.6. The molecule has 0 radical (unpaired) electrons. The number of anilines is 1. The van der Waals surface area contributed by atoms with Gasteiger partial charge in [-0.1, -0.05) is 48.5 Å². The first-order chi connectivity index (χ1) is 16.0. The second-order valence-electron chi connectivity index (χ2n) is 8.31. The SMILES string of the molecule is CCOC(=O)C1CCN(C(=O)CCN(Cc2ccccc2)C(=O)Nc2ccccc2C)CC1. The molecular formula is C26H33N3O4. The molecular weight excluding hydrogens is 418 g/mol. The number of carbonyl (C=O) groups excluding carboxylic acids is 3. The van der Waals surface area contributed by atoms with Gasteiger partial charge in [0.1, 0.15) is 0 Å². The molecule has 0 aromatic heterocycles. The number of benzene rings is 2. The number of nitrogens with one attached hydrogen (secondary N) is 1. The molecule has 3 amide bonds. The summed E-state index contributed by atoms with van der Waals surface area (Å²) in [6.07, 6.45) is 1.47. The van der Waals surface area contributed by atoms with Gasteiger partial charge in [-0.2, -0.15) is 0 Å². The van der Waals surface area contributed by atoms with E-state index in [-0.39, 0.29) is 30.2 Å². The highest BCUT2D eigenvalue weighted by Crippen LogP contribution is 2.20. The van der Waals surface area contributed by atoms with Gasteiger partial charge < -0.3 is 19.9 Å². The molecule has 0 saturated carbocycles. The molecule has 1 aliphatic heterocycles. The molecule has 3 rings (SSSR count). The predicted octanol–water partition coefficient (Wildman–Crippen LogP) is 4.22. The fourth-order valence-electron chi connectivity index (χ4n) is 3.98. The molecule has 0 atom stereocenters. The van der Waals surface area contributed by atoms with Crippen LogP contribution < -0.4 is 5.32 Å². The Morgan fingerprint density at radius 3 is 2.36 bits per heavy atom. The van der Waals surface area contributed by atoms with Crippen LogP contribution in [0.3, 0.4) is 0 Å². The van der Waals surface area contributed by atoms with Crippen LogP contribution in [0.1, 0.15) is 37.3 Å². The normalized spacial score (nSPS) is 13.9. The van der Waals surface area contributed by atoms with Crippen LogP contribution in [-0.4, -0.2) is 53.9 Å². The van der Waals surface area contributed by atoms with Crippen LogP contribution >= 0.6 is 0 Å². The average Bonchev–Trinajstić information content (AvgIpc) is 2.83. The smallest absolute Gasteiger partial charge is 0.322 e. The van der Waals surface area contributed by atoms with Crippen molar-refractivity contribution in [2.75, 3.05) is 31.6 Å². The monoisotopic (exact) mass is 451 g/mol. The predicted molar refractivity (Wildman–Crippen MR) is 128 cm³/mol. The van der Waals surface area contributed by atoms with Gasteiger partial charge in [0, 0.05) is 38.3 Å². The zero-order valence-corrected chi connectivity index (χ0v) is 19.5. The topological polar surface area (TPSA) is 79.0 Å². The first kappa shape index (κ1) is 24.3. The van der Waals surface area contributed by atoms with Crippen LogP contribution in [0.25, 0.3) is 0 Å². The maximum Gasteiger partial charge on any atom is 0.322 e. The van der Waals surface area contributed by atoms with Crippen LogP contribution in [0.4, 0.5) is 10.5 Å². The van der Waals surface area contributed by atoms with Gasteiger partial charge in [-0.3, -0.25) is 9.59 Å². The number of nitrogens with zero attached hydrogens (tertiary/aromatic N) is 2. The highest BCUT2D eigenvalue weighted by Gasteiger charge is 2.28. The maximum atomic E-state index is 13.1. The van der Waals surface area contributed by atoms with Gasteiger partial charge in [-0.25, -0.2) is 4.79 Å². The van der Waals surface area contributed by atoms with Gasteiger partial charge >= 0.3 is 12.0 Å². The summed E-state index contributed by atoms with van der Waals surface area (Å²) >= 11 is 0. The number of aryl methyl sites for hydroxylation is 1. The summed E-state index contributed by atoms with van der Waals surface area (Å²) in [5.41, 5.74) is 2.74. The third kappa shape index (κ3) is 7.07. The Kier molecular flexibility index (Phi) is 8.87. The minimum absolute atomic E-state index is 0.000868. The quantitative estimate of drug-likeness (QED) is 0.610. The van der Waals surface area contributed by atoms with Crippen molar-refractivity contribution >= 4 is 23.6 Å². The molecule has 1 saturated heterocycles. The van der Waals surface area contributed by atoms with Gasteiger partial charge in [-0.15, -0.1) is 0 Å². The summed E-state index contributed by atoms with van der Waals surface area (Å²) in [6, 6.07) is 17.1. The zero-order valence-electron chi connectivity index (χ0n) is 19.5. The van der Waals surface area contributed by atoms with Crippen molar-refractivity contribution < 1.29 is 19.1 Å². The van der Waals surface area contributed by atoms with Crippen LogP contribution in [0.15, 0.2) is 54.6 Å². The number of amides is 3. The van der Waals surface area contributed by atoms with E-state index < -0.39 is 0 Å². The number of hydrogen-bond donors (Lipinski definition) is 1. The Labute approximate surface area is 195 Å². The van der Waals surface area contributed by atoms with E-state index in [0.717, 1.165) is 16.8 Å². The third-order valence-corrected chi connectivity index (χ3v) is 5.95. The van der Waals surface area contributed by atoms with Gasteiger partial charge in [0.25, 0.3) is 0 Å². The van der Waals surface area contributed by atoms with E-state index in [2.05, 4.69) is 5.32 Å². The molecule has 0 spiro atoms. The highest BCUT2D eigenvalue weighted by atomic mass is 16.5. The van der Waals surface area contributed by atoms with E-state index in [4.69, 9.17) is 4.74 Å².